The van der Waals surface area contributed by atoms with Crippen LogP contribution < -0.4 is 22.1 Å². The first kappa shape index (κ1) is 34.2. The number of nitrogen functional groups attached to an aromatic ring is 2. The van der Waals surface area contributed by atoms with Gasteiger partial charge in [0.1, 0.15) is 48.6 Å². The topological polar surface area (TPSA) is 278 Å². The molecule has 48 heavy (non-hydrogen) atoms. The van der Waals surface area contributed by atoms with E-state index in [1.54, 1.807) is 4.57 Å². The zero-order valence-electron chi connectivity index (χ0n) is 26.4. The Balaban J connectivity index is 1.19. The maximum atomic E-state index is 14.3. The molecule has 0 bridgehead atoms. The molecule has 8 N–H and O–H groups in total. The van der Waals surface area contributed by atoms with Crippen LogP contribution in [-0.2, 0) is 27.8 Å². The van der Waals surface area contributed by atoms with Gasteiger partial charge in [-0.15, -0.1) is 0 Å². The fourth-order valence-electron chi connectivity index (χ4n) is 5.77. The molecule has 0 saturated carbocycles. The number of nitrogens with zero attached hydrogens (tertiary/aromatic N) is 8. The van der Waals surface area contributed by atoms with E-state index in [9.17, 15) is 19.6 Å². The molecule has 22 heteroatoms. The predicted octanol–water partition coefficient (Wildman–Crippen LogP) is -1.27. The Bertz CT molecular complexity index is 1830. The van der Waals surface area contributed by atoms with E-state index in [-0.39, 0.29) is 42.5 Å². The monoisotopic (exact) mass is 694 g/mol. The number of aromatic amines is 1. The molecule has 2 aliphatic heterocycles. The summed E-state index contributed by atoms with van der Waals surface area (Å²) in [5, 5.41) is 24.2. The number of rotatable bonds is 14. The lowest BCUT2D eigenvalue weighted by molar-refractivity contribution is -0.0597. The van der Waals surface area contributed by atoms with Crippen LogP contribution in [0, 0.1) is 0 Å². The Kier molecular flexibility index (Phi) is 10.0. The van der Waals surface area contributed by atoms with Gasteiger partial charge in [0.2, 0.25) is 5.95 Å². The third-order valence-electron chi connectivity index (χ3n) is 8.14. The molecule has 8 atom stereocenters. The lowest BCUT2D eigenvalue weighted by Gasteiger charge is -2.26. The molecule has 4 aromatic rings. The van der Waals surface area contributed by atoms with Gasteiger partial charge in [0.05, 0.1) is 25.9 Å². The molecule has 6 heterocycles. The number of hydrogen-bond donors (Lipinski definition) is 6. The van der Waals surface area contributed by atoms with Gasteiger partial charge < -0.3 is 40.8 Å². The molecule has 4 aromatic heterocycles. The first-order chi connectivity index (χ1) is 23.0. The molecular weight excluding hydrogens is 655 g/mol. The third-order valence-corrected chi connectivity index (χ3v) is 9.79. The number of aromatic nitrogens is 8. The van der Waals surface area contributed by atoms with Gasteiger partial charge in [0, 0.05) is 20.1 Å². The van der Waals surface area contributed by atoms with E-state index in [4.69, 9.17) is 34.7 Å². The van der Waals surface area contributed by atoms with Crippen molar-refractivity contribution in [3.63, 3.8) is 0 Å². The highest BCUT2D eigenvalue weighted by atomic mass is 31.2. The normalized spacial score (nSPS) is 27.4. The van der Waals surface area contributed by atoms with Crippen LogP contribution in [0.25, 0.3) is 22.3 Å². The van der Waals surface area contributed by atoms with Gasteiger partial charge in [0.25, 0.3) is 5.56 Å². The number of aliphatic hydroxyl groups excluding tert-OH is 2. The number of methoxy groups -OCH3 is 1. The Morgan fingerprint density at radius 2 is 1.90 bits per heavy atom. The van der Waals surface area contributed by atoms with Crippen LogP contribution in [0.5, 0.6) is 0 Å². The van der Waals surface area contributed by atoms with Gasteiger partial charge in [0.15, 0.2) is 28.9 Å². The molecule has 0 spiro atoms. The Morgan fingerprint density at radius 1 is 1.12 bits per heavy atom. The van der Waals surface area contributed by atoms with Gasteiger partial charge in [-0.1, -0.05) is 0 Å². The highest BCUT2D eigenvalue weighted by molar-refractivity contribution is 7.51. The van der Waals surface area contributed by atoms with Crippen molar-refractivity contribution in [1.82, 2.24) is 49.0 Å². The number of fused-ring (bicyclic) bond motifs is 2. The number of ether oxygens (including phenoxy) is 3. The van der Waals surface area contributed by atoms with Gasteiger partial charge in [-0.2, -0.15) is 4.98 Å². The average molecular weight is 695 g/mol. The average Bonchev–Trinajstić information content (AvgIpc) is 3.82. The number of imidazole rings is 2. The second-order valence-electron chi connectivity index (χ2n) is 11.7. The smallest absolute Gasteiger partial charge is 0.394 e. The predicted molar refractivity (Wildman–Crippen MR) is 168 cm³/mol. The number of aliphatic hydroxyl groups is 2. The van der Waals surface area contributed by atoms with E-state index in [1.807, 2.05) is 19.0 Å². The summed E-state index contributed by atoms with van der Waals surface area (Å²) in [5.41, 5.74) is 12.1. The van der Waals surface area contributed by atoms with Crippen LogP contribution in [-0.4, -0.2) is 132 Å². The van der Waals surface area contributed by atoms with Crippen molar-refractivity contribution in [3.05, 3.63) is 29.3 Å². The standard InChI is InChI=1S/C26H39N12O9P/c1-36(2)6-4-5-33-48(42,47-13-7-16(45-14(13)8-39)37-11-31-17-21(27)29-10-30-22(17)37)44-9-15-19(40)20(43-3)25(46-15)38-12-32-18-23(38)34-26(28)35-24(18)41/h10-16,19-20,25,39-40H,4-9H2,1-3H3,(H,33,42)(H2,27,29,30)(H3,28,34,35,41)/t13-,14-,15-,16-,19+,20?,25-,48?/m1/s1. The van der Waals surface area contributed by atoms with Crippen molar-refractivity contribution in [1.29, 1.82) is 0 Å². The first-order valence-electron chi connectivity index (χ1n) is 15.1. The summed E-state index contributed by atoms with van der Waals surface area (Å²) < 4.78 is 47.1. The van der Waals surface area contributed by atoms with E-state index in [0.717, 1.165) is 0 Å². The fourth-order valence-corrected chi connectivity index (χ4v) is 7.35. The minimum Gasteiger partial charge on any atom is -0.394 e. The van der Waals surface area contributed by atoms with Crippen molar-refractivity contribution in [2.75, 3.05) is 59.0 Å². The maximum Gasteiger partial charge on any atom is 0.405 e. The SMILES string of the molecule is COC1[C@@H](O)[C@@H](COP(=O)(NCCCN(C)C)O[C@@H]2C[C@H](n3cnc4c(N)ncnc43)O[C@@H]2CO)O[C@H]1n1cnc2c(=O)[nH]c(N)nc21. The largest absolute Gasteiger partial charge is 0.405 e. The number of nitrogens with one attached hydrogen (secondary N) is 2. The lowest BCUT2D eigenvalue weighted by Crippen LogP contribution is -2.36. The molecule has 0 amide bonds. The van der Waals surface area contributed by atoms with Crippen LogP contribution in [0.1, 0.15) is 25.3 Å². The van der Waals surface area contributed by atoms with Crippen molar-refractivity contribution in [2.24, 2.45) is 0 Å². The van der Waals surface area contributed by atoms with Crippen LogP contribution >= 0.6 is 7.75 Å². The first-order valence-corrected chi connectivity index (χ1v) is 16.7. The lowest BCUT2D eigenvalue weighted by atomic mass is 10.1. The Hall–Kier alpha value is -3.63. The van der Waals surface area contributed by atoms with E-state index >= 15 is 0 Å². The molecule has 0 aliphatic carbocycles. The summed E-state index contributed by atoms with van der Waals surface area (Å²) in [6.07, 6.45) is -1.79. The Morgan fingerprint density at radius 3 is 2.65 bits per heavy atom. The van der Waals surface area contributed by atoms with Crippen LogP contribution in [0.2, 0.25) is 0 Å². The van der Waals surface area contributed by atoms with E-state index < -0.39 is 62.9 Å². The van der Waals surface area contributed by atoms with Gasteiger partial charge in [-0.3, -0.25) is 28.0 Å². The summed E-state index contributed by atoms with van der Waals surface area (Å²) in [7, 11) is 1.08. The van der Waals surface area contributed by atoms with Crippen molar-refractivity contribution >= 4 is 41.8 Å². The molecule has 2 aliphatic rings. The number of hydrogen-bond acceptors (Lipinski definition) is 17. The molecule has 0 radical (unpaired) electrons. The van der Waals surface area contributed by atoms with Gasteiger partial charge >= 0.3 is 7.75 Å². The maximum absolute atomic E-state index is 14.3. The molecular formula is C26H39N12O9P. The second-order valence-corrected chi connectivity index (χ2v) is 13.4. The number of nitrogens with two attached hydrogens (primary N) is 2. The van der Waals surface area contributed by atoms with Crippen LogP contribution in [0.4, 0.5) is 11.8 Å². The Labute approximate surface area is 273 Å². The fraction of sp³-hybridized carbons (Fsp3) is 0.615. The highest BCUT2D eigenvalue weighted by Gasteiger charge is 2.48. The highest BCUT2D eigenvalue weighted by Crippen LogP contribution is 2.49. The molecule has 2 unspecified atom stereocenters. The summed E-state index contributed by atoms with van der Waals surface area (Å²) >= 11 is 0. The molecule has 262 valence electrons. The minimum atomic E-state index is -4.13. The summed E-state index contributed by atoms with van der Waals surface area (Å²) in [5.74, 6) is 0.0747. The summed E-state index contributed by atoms with van der Waals surface area (Å²) in [6, 6.07) is 0. The number of anilines is 2. The molecule has 6 rings (SSSR count). The van der Waals surface area contributed by atoms with Crippen molar-refractivity contribution < 1.29 is 38.0 Å². The van der Waals surface area contributed by atoms with E-state index in [2.05, 4.69) is 35.0 Å². The van der Waals surface area contributed by atoms with Crippen LogP contribution in [0.3, 0.4) is 0 Å². The van der Waals surface area contributed by atoms with Gasteiger partial charge in [-0.25, -0.2) is 29.6 Å². The molecule has 2 fully saturated rings. The summed E-state index contributed by atoms with van der Waals surface area (Å²) in [4.78, 5) is 37.4. The second kappa shape index (κ2) is 14.1. The van der Waals surface area contributed by atoms with Crippen molar-refractivity contribution in [3.8, 4) is 0 Å². The van der Waals surface area contributed by atoms with Crippen molar-refractivity contribution in [2.45, 2.75) is 55.8 Å². The molecule has 2 saturated heterocycles. The zero-order chi connectivity index (χ0) is 34.2. The third kappa shape index (κ3) is 6.79. The molecule has 0 aromatic carbocycles. The quantitative estimate of drug-likeness (QED) is 0.0663. The van der Waals surface area contributed by atoms with Gasteiger partial charge in [-0.05, 0) is 27.1 Å². The minimum absolute atomic E-state index is 0.0202. The molecule has 21 nitrogen and oxygen atoms in total. The number of H-pyrrole nitrogens is 1. The van der Waals surface area contributed by atoms with E-state index in [0.29, 0.717) is 24.1 Å². The van der Waals surface area contributed by atoms with E-state index in [1.165, 1.54) is 30.7 Å². The zero-order valence-corrected chi connectivity index (χ0v) is 27.3. The summed E-state index contributed by atoms with van der Waals surface area (Å²) in [6.45, 7) is 0.134. The van der Waals surface area contributed by atoms with Crippen LogP contribution in [0.15, 0.2) is 23.8 Å².